The van der Waals surface area contributed by atoms with Gasteiger partial charge in [0.15, 0.2) is 0 Å². The minimum absolute atomic E-state index is 0.00492. The van der Waals surface area contributed by atoms with Crippen LogP contribution in [0.3, 0.4) is 0 Å². The highest BCUT2D eigenvalue weighted by Crippen LogP contribution is 2.17. The monoisotopic (exact) mass is 280 g/mol. The molecule has 0 amide bonds. The molecule has 1 unspecified atom stereocenters. The Morgan fingerprint density at radius 1 is 1.21 bits per heavy atom. The Morgan fingerprint density at radius 3 is 2.42 bits per heavy atom. The maximum Gasteiger partial charge on any atom is 0.326 e. The van der Waals surface area contributed by atoms with Gasteiger partial charge in [-0.15, -0.1) is 0 Å². The van der Waals surface area contributed by atoms with Gasteiger partial charge in [-0.2, -0.15) is 4.72 Å². The molecule has 0 aliphatic rings. The number of carboxylic acid groups (broad SMARTS) is 1. The lowest BCUT2D eigenvalue weighted by Gasteiger charge is -2.14. The second-order valence-electron chi connectivity index (χ2n) is 3.85. The van der Waals surface area contributed by atoms with E-state index in [1.807, 2.05) is 0 Å². The van der Waals surface area contributed by atoms with Crippen LogP contribution in [0.15, 0.2) is 53.7 Å². The largest absolute Gasteiger partial charge is 0.480 e. The zero-order valence-electron chi connectivity index (χ0n) is 9.78. The number of nitrogens with one attached hydrogen (secondary N) is 2. The Kier molecular flexibility index (Phi) is 3.68. The number of hydrogen-bond acceptors (Lipinski definition) is 3. The van der Waals surface area contributed by atoms with Crippen LogP contribution < -0.4 is 4.72 Å². The summed E-state index contributed by atoms with van der Waals surface area (Å²) in [5.41, 5.74) is 0.370. The SMILES string of the molecule is O=C(O)C(NS(=O)(=O)c1cc[nH]c1)c1ccccc1. The molecule has 0 spiro atoms. The van der Waals surface area contributed by atoms with Crippen LogP contribution in [0.1, 0.15) is 11.6 Å². The van der Waals surface area contributed by atoms with Crippen LogP contribution in [0.4, 0.5) is 0 Å². The average molecular weight is 280 g/mol. The van der Waals surface area contributed by atoms with Gasteiger partial charge in [-0.3, -0.25) is 4.79 Å². The molecular formula is C12H12N2O4S. The van der Waals surface area contributed by atoms with Crippen LogP contribution >= 0.6 is 0 Å². The number of rotatable bonds is 5. The van der Waals surface area contributed by atoms with Gasteiger partial charge in [0.05, 0.1) is 4.90 Å². The van der Waals surface area contributed by atoms with Gasteiger partial charge in [-0.1, -0.05) is 30.3 Å². The van der Waals surface area contributed by atoms with Crippen LogP contribution in [-0.4, -0.2) is 24.5 Å². The predicted molar refractivity (Wildman–Crippen MR) is 67.9 cm³/mol. The van der Waals surface area contributed by atoms with Gasteiger partial charge in [-0.05, 0) is 11.6 Å². The number of hydrogen-bond donors (Lipinski definition) is 3. The number of aromatic amines is 1. The van der Waals surface area contributed by atoms with Crippen molar-refractivity contribution in [1.82, 2.24) is 9.71 Å². The van der Waals surface area contributed by atoms with Crippen molar-refractivity contribution >= 4 is 16.0 Å². The number of H-pyrrole nitrogens is 1. The van der Waals surface area contributed by atoms with E-state index in [0.717, 1.165) is 0 Å². The fourth-order valence-electron chi connectivity index (χ4n) is 1.61. The maximum atomic E-state index is 12.0. The van der Waals surface area contributed by atoms with E-state index in [9.17, 15) is 13.2 Å². The minimum atomic E-state index is -3.87. The second-order valence-corrected chi connectivity index (χ2v) is 5.56. The molecule has 1 atom stereocenters. The second kappa shape index (κ2) is 5.25. The summed E-state index contributed by atoms with van der Waals surface area (Å²) in [5, 5.41) is 9.15. The predicted octanol–water partition coefficient (Wildman–Crippen LogP) is 1.12. The minimum Gasteiger partial charge on any atom is -0.480 e. The van der Waals surface area contributed by atoms with E-state index in [1.54, 1.807) is 30.3 Å². The molecule has 0 bridgehead atoms. The third kappa shape index (κ3) is 3.01. The van der Waals surface area contributed by atoms with E-state index >= 15 is 0 Å². The van der Waals surface area contributed by atoms with E-state index in [0.29, 0.717) is 5.56 Å². The fourth-order valence-corrected chi connectivity index (χ4v) is 2.76. The van der Waals surface area contributed by atoms with Crippen molar-refractivity contribution in [3.63, 3.8) is 0 Å². The highest BCUT2D eigenvalue weighted by Gasteiger charge is 2.26. The van der Waals surface area contributed by atoms with Crippen molar-refractivity contribution in [3.8, 4) is 0 Å². The standard InChI is InChI=1S/C12H12N2O4S/c15-12(16)11(9-4-2-1-3-5-9)14-19(17,18)10-6-7-13-8-10/h1-8,11,13-14H,(H,15,16). The maximum absolute atomic E-state index is 12.0. The smallest absolute Gasteiger partial charge is 0.326 e. The van der Waals surface area contributed by atoms with Gasteiger partial charge in [-0.25, -0.2) is 8.42 Å². The molecule has 0 aliphatic heterocycles. The first-order chi connectivity index (χ1) is 9.00. The van der Waals surface area contributed by atoms with Crippen molar-refractivity contribution in [1.29, 1.82) is 0 Å². The molecule has 2 aromatic rings. The van der Waals surface area contributed by atoms with Gasteiger partial charge in [0.1, 0.15) is 6.04 Å². The van der Waals surface area contributed by atoms with E-state index in [2.05, 4.69) is 9.71 Å². The third-order valence-electron chi connectivity index (χ3n) is 2.53. The van der Waals surface area contributed by atoms with Crippen molar-refractivity contribution in [2.45, 2.75) is 10.9 Å². The molecule has 1 aromatic carbocycles. The summed E-state index contributed by atoms with van der Waals surface area (Å²) in [6.45, 7) is 0. The first-order valence-electron chi connectivity index (χ1n) is 5.43. The number of aromatic nitrogens is 1. The zero-order valence-corrected chi connectivity index (χ0v) is 10.6. The molecule has 6 nitrogen and oxygen atoms in total. The summed E-state index contributed by atoms with van der Waals surface area (Å²) in [7, 11) is -3.87. The highest BCUT2D eigenvalue weighted by molar-refractivity contribution is 7.89. The Hall–Kier alpha value is -2.12. The highest BCUT2D eigenvalue weighted by atomic mass is 32.2. The normalized spacial score (nSPS) is 13.1. The van der Waals surface area contributed by atoms with Crippen molar-refractivity contribution in [2.24, 2.45) is 0 Å². The average Bonchev–Trinajstić information content (AvgIpc) is 2.91. The van der Waals surface area contributed by atoms with Crippen molar-refractivity contribution in [2.75, 3.05) is 0 Å². The summed E-state index contributed by atoms with van der Waals surface area (Å²) in [6, 6.07) is 8.17. The van der Waals surface area contributed by atoms with Gasteiger partial charge in [0, 0.05) is 12.4 Å². The van der Waals surface area contributed by atoms with Gasteiger partial charge < -0.3 is 10.1 Å². The molecule has 0 radical (unpaired) electrons. The lowest BCUT2D eigenvalue weighted by atomic mass is 10.1. The fraction of sp³-hybridized carbons (Fsp3) is 0.0833. The number of aliphatic carboxylic acids is 1. The lowest BCUT2D eigenvalue weighted by Crippen LogP contribution is -2.33. The Bertz CT molecular complexity index is 650. The molecular weight excluding hydrogens is 268 g/mol. The molecule has 19 heavy (non-hydrogen) atoms. The molecule has 1 heterocycles. The summed E-state index contributed by atoms with van der Waals surface area (Å²) in [4.78, 5) is 13.8. The molecule has 0 fully saturated rings. The van der Waals surface area contributed by atoms with Crippen LogP contribution in [0, 0.1) is 0 Å². The van der Waals surface area contributed by atoms with E-state index in [1.165, 1.54) is 18.5 Å². The molecule has 3 N–H and O–H groups in total. The van der Waals surface area contributed by atoms with Gasteiger partial charge in [0.25, 0.3) is 0 Å². The van der Waals surface area contributed by atoms with Gasteiger partial charge in [0.2, 0.25) is 10.0 Å². The van der Waals surface area contributed by atoms with Crippen LogP contribution in [0.25, 0.3) is 0 Å². The summed E-state index contributed by atoms with van der Waals surface area (Å²) < 4.78 is 26.1. The lowest BCUT2D eigenvalue weighted by molar-refractivity contribution is -0.139. The zero-order chi connectivity index (χ0) is 13.9. The first-order valence-corrected chi connectivity index (χ1v) is 6.92. The van der Waals surface area contributed by atoms with Crippen LogP contribution in [0.5, 0.6) is 0 Å². The molecule has 1 aromatic heterocycles. The molecule has 0 saturated heterocycles. The first kappa shape index (κ1) is 13.3. The Labute approximate surface area is 110 Å². The summed E-state index contributed by atoms with van der Waals surface area (Å²) >= 11 is 0. The number of carbonyl (C=O) groups is 1. The Balaban J connectivity index is 2.31. The molecule has 100 valence electrons. The molecule has 0 saturated carbocycles. The van der Waals surface area contributed by atoms with Crippen LogP contribution in [0.2, 0.25) is 0 Å². The molecule has 2 rings (SSSR count). The quantitative estimate of drug-likeness (QED) is 0.764. The third-order valence-corrected chi connectivity index (χ3v) is 3.95. The topological polar surface area (TPSA) is 99.3 Å². The number of sulfonamides is 1. The van der Waals surface area contributed by atoms with E-state index in [-0.39, 0.29) is 4.90 Å². The summed E-state index contributed by atoms with van der Waals surface area (Å²) in [5.74, 6) is -1.26. The van der Waals surface area contributed by atoms with Gasteiger partial charge >= 0.3 is 5.97 Å². The Morgan fingerprint density at radius 2 is 1.89 bits per heavy atom. The number of carboxylic acids is 1. The van der Waals surface area contributed by atoms with Crippen molar-refractivity contribution < 1.29 is 18.3 Å². The van der Waals surface area contributed by atoms with Crippen LogP contribution in [-0.2, 0) is 14.8 Å². The van der Waals surface area contributed by atoms with E-state index < -0.39 is 22.0 Å². The number of benzene rings is 1. The van der Waals surface area contributed by atoms with E-state index in [4.69, 9.17) is 5.11 Å². The molecule has 7 heteroatoms. The van der Waals surface area contributed by atoms with Crippen molar-refractivity contribution in [3.05, 3.63) is 54.4 Å². The molecule has 0 aliphatic carbocycles. The summed E-state index contributed by atoms with van der Waals surface area (Å²) in [6.07, 6.45) is 2.74.